The van der Waals surface area contributed by atoms with Gasteiger partial charge in [0.25, 0.3) is 0 Å². The molecular weight excluding hydrogens is 366 g/mol. The van der Waals surface area contributed by atoms with Crippen LogP contribution in [-0.2, 0) is 4.79 Å². The lowest BCUT2D eigenvalue weighted by Crippen LogP contribution is -2.21. The van der Waals surface area contributed by atoms with Crippen molar-refractivity contribution < 1.29 is 4.79 Å². The van der Waals surface area contributed by atoms with Gasteiger partial charge in [-0.1, -0.05) is 113 Å². The van der Waals surface area contributed by atoms with Crippen LogP contribution in [0.4, 0.5) is 0 Å². The molecule has 0 spiro atoms. The molecule has 2 aromatic carbocycles. The minimum Gasteiger partial charge on any atom is -0.369 e. The Kier molecular flexibility index (Phi) is 11.9. The van der Waals surface area contributed by atoms with E-state index >= 15 is 0 Å². The fraction of sp³-hybridized carbons (Fsp3) is 0.536. The first-order valence-electron chi connectivity index (χ1n) is 12.2. The van der Waals surface area contributed by atoms with Crippen molar-refractivity contribution in [1.82, 2.24) is 0 Å². The number of benzene rings is 2. The molecule has 30 heavy (non-hydrogen) atoms. The zero-order valence-corrected chi connectivity index (χ0v) is 19.0. The molecule has 0 aliphatic carbocycles. The van der Waals surface area contributed by atoms with Gasteiger partial charge in [0.15, 0.2) is 0 Å². The number of rotatable bonds is 16. The summed E-state index contributed by atoms with van der Waals surface area (Å²) in [6.07, 6.45) is 20.9. The summed E-state index contributed by atoms with van der Waals surface area (Å²) in [5.41, 5.74) is 6.77. The van der Waals surface area contributed by atoms with Crippen LogP contribution >= 0.6 is 0 Å². The minimum absolute atomic E-state index is 0.174. The molecule has 0 aliphatic heterocycles. The van der Waals surface area contributed by atoms with Gasteiger partial charge < -0.3 is 5.73 Å². The Bertz CT molecular complexity index is 764. The molecule has 1 amide bonds. The largest absolute Gasteiger partial charge is 0.369 e. The van der Waals surface area contributed by atoms with Crippen LogP contribution in [0.3, 0.4) is 0 Å². The number of fused-ring (bicyclic) bond motifs is 1. The summed E-state index contributed by atoms with van der Waals surface area (Å²) >= 11 is 0. The Morgan fingerprint density at radius 3 is 2.07 bits per heavy atom. The third-order valence-electron chi connectivity index (χ3n) is 6.02. The molecule has 164 valence electrons. The highest BCUT2D eigenvalue weighted by atomic mass is 16.1. The van der Waals surface area contributed by atoms with Gasteiger partial charge in [-0.25, -0.2) is 0 Å². The summed E-state index contributed by atoms with van der Waals surface area (Å²) < 4.78 is 0. The van der Waals surface area contributed by atoms with Crippen LogP contribution in [0.15, 0.2) is 54.6 Å². The van der Waals surface area contributed by atoms with Crippen molar-refractivity contribution in [3.63, 3.8) is 0 Å². The zero-order valence-electron chi connectivity index (χ0n) is 19.0. The number of primary amides is 1. The summed E-state index contributed by atoms with van der Waals surface area (Å²) in [5.74, 6) is -0.380. The highest BCUT2D eigenvalue weighted by molar-refractivity contribution is 5.87. The van der Waals surface area contributed by atoms with E-state index in [-0.39, 0.29) is 11.8 Å². The predicted molar refractivity (Wildman–Crippen MR) is 131 cm³/mol. The number of unbranched alkanes of at least 4 members (excludes halogenated alkanes) is 10. The summed E-state index contributed by atoms with van der Waals surface area (Å²) in [7, 11) is 0. The van der Waals surface area contributed by atoms with Gasteiger partial charge in [0.05, 0.1) is 5.92 Å². The lowest BCUT2D eigenvalue weighted by molar-refractivity contribution is -0.119. The Morgan fingerprint density at radius 1 is 0.800 bits per heavy atom. The fourth-order valence-corrected chi connectivity index (χ4v) is 4.14. The van der Waals surface area contributed by atoms with E-state index < -0.39 is 0 Å². The maximum Gasteiger partial charge on any atom is 0.224 e. The predicted octanol–water partition coefficient (Wildman–Crippen LogP) is 8.06. The second-order valence-electron chi connectivity index (χ2n) is 8.58. The van der Waals surface area contributed by atoms with Crippen LogP contribution in [0.2, 0.25) is 0 Å². The van der Waals surface area contributed by atoms with Crippen molar-refractivity contribution in [3.05, 3.63) is 60.2 Å². The molecule has 0 saturated heterocycles. The molecule has 2 heteroatoms. The van der Waals surface area contributed by atoms with Crippen molar-refractivity contribution in [2.45, 2.75) is 96.3 Å². The minimum atomic E-state index is -0.206. The summed E-state index contributed by atoms with van der Waals surface area (Å²) in [4.78, 5) is 12.0. The van der Waals surface area contributed by atoms with E-state index in [1.165, 1.54) is 81.4 Å². The van der Waals surface area contributed by atoms with E-state index in [0.717, 1.165) is 18.4 Å². The Balaban J connectivity index is 1.59. The van der Waals surface area contributed by atoms with Crippen LogP contribution in [-0.4, -0.2) is 5.91 Å². The molecule has 0 fully saturated rings. The number of carbonyl (C=O) groups excluding carboxylic acids is 1. The maximum atomic E-state index is 12.0. The van der Waals surface area contributed by atoms with E-state index in [0.29, 0.717) is 0 Å². The van der Waals surface area contributed by atoms with Gasteiger partial charge in [-0.3, -0.25) is 4.79 Å². The van der Waals surface area contributed by atoms with E-state index in [4.69, 9.17) is 5.73 Å². The molecule has 2 aromatic rings. The SMILES string of the molecule is CCCCCCCCC=CCCCCCCC(C(N)=O)c1ccc2ccccc2c1. The van der Waals surface area contributed by atoms with Gasteiger partial charge in [-0.2, -0.15) is 0 Å². The van der Waals surface area contributed by atoms with Crippen molar-refractivity contribution in [2.24, 2.45) is 5.73 Å². The molecule has 2 nitrogen and oxygen atoms in total. The maximum absolute atomic E-state index is 12.0. The second kappa shape index (κ2) is 14.8. The van der Waals surface area contributed by atoms with Crippen LogP contribution in [0.1, 0.15) is 102 Å². The first-order valence-corrected chi connectivity index (χ1v) is 12.2. The zero-order chi connectivity index (χ0) is 21.4. The highest BCUT2D eigenvalue weighted by Crippen LogP contribution is 2.26. The van der Waals surface area contributed by atoms with Crippen molar-refractivity contribution in [2.75, 3.05) is 0 Å². The molecule has 0 radical (unpaired) electrons. The Hall–Kier alpha value is -2.09. The molecule has 0 bridgehead atoms. The molecular formula is C28H41NO. The molecule has 1 unspecified atom stereocenters. The number of nitrogens with two attached hydrogens (primary N) is 1. The van der Waals surface area contributed by atoms with Gasteiger partial charge in [0.1, 0.15) is 0 Å². The average molecular weight is 408 g/mol. The normalized spacial score (nSPS) is 12.6. The standard InChI is InChI=1S/C28H41NO/c1-2-3-4-5-6-7-8-9-10-11-12-13-14-15-20-27(28(29)30)26-22-21-24-18-16-17-19-25(24)23-26/h9-10,16-19,21-23,27H,2-8,11-15,20H2,1H3,(H2,29,30). The van der Waals surface area contributed by atoms with Gasteiger partial charge in [-0.05, 0) is 48.4 Å². The topological polar surface area (TPSA) is 43.1 Å². The highest BCUT2D eigenvalue weighted by Gasteiger charge is 2.17. The second-order valence-corrected chi connectivity index (χ2v) is 8.58. The molecule has 2 rings (SSSR count). The third-order valence-corrected chi connectivity index (χ3v) is 6.02. The quantitative estimate of drug-likeness (QED) is 0.222. The van der Waals surface area contributed by atoms with Crippen LogP contribution < -0.4 is 5.73 Å². The number of amides is 1. The number of allylic oxidation sites excluding steroid dienone is 2. The molecule has 0 aromatic heterocycles. The monoisotopic (exact) mass is 407 g/mol. The number of hydrogen-bond acceptors (Lipinski definition) is 1. The Morgan fingerprint density at radius 2 is 1.40 bits per heavy atom. The molecule has 0 saturated carbocycles. The summed E-state index contributed by atoms with van der Waals surface area (Å²) in [5, 5.41) is 2.38. The molecule has 0 heterocycles. The van der Waals surface area contributed by atoms with Gasteiger partial charge in [-0.15, -0.1) is 0 Å². The van der Waals surface area contributed by atoms with Crippen molar-refractivity contribution in [3.8, 4) is 0 Å². The average Bonchev–Trinajstić information content (AvgIpc) is 2.76. The lowest BCUT2D eigenvalue weighted by atomic mass is 9.91. The van der Waals surface area contributed by atoms with E-state index in [2.05, 4.69) is 49.4 Å². The van der Waals surface area contributed by atoms with E-state index in [1.807, 2.05) is 12.1 Å². The first-order chi connectivity index (χ1) is 14.7. The smallest absolute Gasteiger partial charge is 0.224 e. The lowest BCUT2D eigenvalue weighted by Gasteiger charge is -2.14. The Labute approximate surface area is 183 Å². The van der Waals surface area contributed by atoms with E-state index in [1.54, 1.807) is 0 Å². The van der Waals surface area contributed by atoms with Crippen LogP contribution in [0.5, 0.6) is 0 Å². The first kappa shape index (κ1) is 24.2. The summed E-state index contributed by atoms with van der Waals surface area (Å²) in [6.45, 7) is 2.27. The number of carbonyl (C=O) groups is 1. The van der Waals surface area contributed by atoms with Crippen molar-refractivity contribution in [1.29, 1.82) is 0 Å². The fourth-order valence-electron chi connectivity index (χ4n) is 4.14. The number of hydrogen-bond donors (Lipinski definition) is 1. The molecule has 0 aliphatic rings. The summed E-state index contributed by atoms with van der Waals surface area (Å²) in [6, 6.07) is 14.5. The third kappa shape index (κ3) is 9.15. The molecule has 2 N–H and O–H groups in total. The molecule has 1 atom stereocenters. The van der Waals surface area contributed by atoms with Crippen LogP contribution in [0, 0.1) is 0 Å². The van der Waals surface area contributed by atoms with Gasteiger partial charge in [0.2, 0.25) is 5.91 Å². The van der Waals surface area contributed by atoms with Crippen LogP contribution in [0.25, 0.3) is 10.8 Å². The van der Waals surface area contributed by atoms with E-state index in [9.17, 15) is 4.79 Å². The van der Waals surface area contributed by atoms with Gasteiger partial charge >= 0.3 is 0 Å². The van der Waals surface area contributed by atoms with Gasteiger partial charge in [0, 0.05) is 0 Å². The van der Waals surface area contributed by atoms with Crippen molar-refractivity contribution >= 4 is 16.7 Å².